The first-order chi connectivity index (χ1) is 39.0. The number of hydrogen-bond acceptors (Lipinski definition) is 19. The Morgan fingerprint density at radius 1 is 0.687 bits per heavy atom. The molecule has 0 bridgehead atoms. The maximum atomic E-state index is 12.8. The van der Waals surface area contributed by atoms with Crippen molar-refractivity contribution in [1.82, 2.24) is 40.1 Å². The molecule has 29 heteroatoms. The Morgan fingerprint density at radius 2 is 1.13 bits per heavy atom. The second-order valence-corrected chi connectivity index (χ2v) is 21.0. The van der Waals surface area contributed by atoms with Crippen molar-refractivity contribution in [2.24, 2.45) is 0 Å². The van der Waals surface area contributed by atoms with Crippen LogP contribution < -0.4 is 50.2 Å². The van der Waals surface area contributed by atoms with Crippen molar-refractivity contribution in [3.05, 3.63) is 99.0 Å². The van der Waals surface area contributed by atoms with Gasteiger partial charge in [-0.05, 0) is 106 Å². The Bertz CT molecular complexity index is 3550. The molecule has 433 valence electrons. The van der Waals surface area contributed by atoms with Crippen LogP contribution in [0.1, 0.15) is 84.3 Å². The third-order valence-electron chi connectivity index (χ3n) is 12.6. The summed E-state index contributed by atoms with van der Waals surface area (Å²) in [5.41, 5.74) is 6.58. The zero-order valence-corrected chi connectivity index (χ0v) is 50.0. The van der Waals surface area contributed by atoms with Gasteiger partial charge in [-0.3, -0.25) is 9.69 Å². The average Bonchev–Trinajstić information content (AvgIpc) is 4.05. The molecule has 2 aromatic carbocycles. The van der Waals surface area contributed by atoms with Gasteiger partial charge >= 0.3 is 53.8 Å². The van der Waals surface area contributed by atoms with Crippen molar-refractivity contribution < 1.29 is 89.4 Å². The van der Waals surface area contributed by atoms with Gasteiger partial charge < -0.3 is 43.4 Å². The van der Waals surface area contributed by atoms with Crippen LogP contribution in [0.2, 0.25) is 0 Å². The summed E-state index contributed by atoms with van der Waals surface area (Å²) in [5.74, 6) is 0.345. The molecule has 0 spiro atoms. The number of aryl methyl sites for hydroxylation is 2. The monoisotopic (exact) mass is 1200 g/mol. The SMILES string of the molecule is CC(=O)OOC(C)=O.COc1ccc2[nH]c(C#N)cc2c1C.Cc1c(CN2CCC(Nc3ncnc4sc(CC(F)(F)F)cc34)CC2)ccc2[nH]c(C#N)cc12.FC(F)(F)Cc1cc2c(NC3CCNCC3)ncnc2s1.[B-]OC(C)=O.[Na+]. The number of aromatic nitrogens is 6. The molecule has 0 aliphatic carbocycles. The van der Waals surface area contributed by atoms with Crippen molar-refractivity contribution in [3.63, 3.8) is 0 Å². The molecule has 5 N–H and O–H groups in total. The number of hydrogen-bond donors (Lipinski definition) is 5. The maximum absolute atomic E-state index is 12.8. The van der Waals surface area contributed by atoms with E-state index in [-0.39, 0.29) is 45.4 Å². The summed E-state index contributed by atoms with van der Waals surface area (Å²) in [6.45, 7) is 12.1. The third-order valence-corrected chi connectivity index (χ3v) is 14.7. The molecule has 0 amide bonds. The van der Waals surface area contributed by atoms with Crippen molar-refractivity contribution in [2.75, 3.05) is 43.9 Å². The van der Waals surface area contributed by atoms with Crippen LogP contribution in [-0.2, 0) is 48.2 Å². The topological polar surface area (TPSA) is 258 Å². The van der Waals surface area contributed by atoms with Crippen molar-refractivity contribution in [2.45, 2.75) is 104 Å². The fourth-order valence-electron chi connectivity index (χ4n) is 8.79. The van der Waals surface area contributed by atoms with Gasteiger partial charge in [-0.25, -0.2) is 39.3 Å². The Labute approximate surface area is 504 Å². The van der Waals surface area contributed by atoms with Crippen molar-refractivity contribution >= 4 is 103 Å². The van der Waals surface area contributed by atoms with Crippen molar-refractivity contribution in [3.8, 4) is 17.9 Å². The van der Waals surface area contributed by atoms with Crippen LogP contribution >= 0.6 is 22.7 Å². The number of nitrogens with zero attached hydrogens (tertiary/aromatic N) is 7. The van der Waals surface area contributed by atoms with Gasteiger partial charge in [0.1, 0.15) is 63.2 Å². The summed E-state index contributed by atoms with van der Waals surface area (Å²) in [5, 5.41) is 31.4. The molecular formula is C54H57BF6N12NaO7S2. The first-order valence-electron chi connectivity index (χ1n) is 25.3. The molecule has 19 nitrogen and oxygen atoms in total. The van der Waals surface area contributed by atoms with Crippen LogP contribution in [0.4, 0.5) is 38.0 Å². The number of halogens is 6. The van der Waals surface area contributed by atoms with Crippen LogP contribution in [0.25, 0.3) is 42.2 Å². The molecule has 0 saturated carbocycles. The van der Waals surface area contributed by atoms with E-state index in [0.29, 0.717) is 49.5 Å². The molecule has 0 atom stereocenters. The zero-order valence-electron chi connectivity index (χ0n) is 46.4. The summed E-state index contributed by atoms with van der Waals surface area (Å²) < 4.78 is 84.7. The first kappa shape index (κ1) is 66.8. The number of benzene rings is 2. The van der Waals surface area contributed by atoms with Gasteiger partial charge in [0.2, 0.25) is 5.97 Å². The van der Waals surface area contributed by atoms with Crippen LogP contribution in [0.5, 0.6) is 5.75 Å². The van der Waals surface area contributed by atoms with E-state index in [1.165, 1.54) is 30.7 Å². The van der Waals surface area contributed by atoms with Crippen LogP contribution in [-0.4, -0.2) is 118 Å². The average molecular weight is 1200 g/mol. The number of aromatic amines is 2. The van der Waals surface area contributed by atoms with E-state index < -0.39 is 43.1 Å². The number of rotatable bonds is 9. The second-order valence-electron chi connectivity index (χ2n) is 18.8. The molecular weight excluding hydrogens is 1140 g/mol. The number of piperidine rings is 2. The fraction of sp³-hybridized carbons (Fsp3) is 0.389. The molecule has 2 aliphatic rings. The minimum atomic E-state index is -4.24. The standard InChI is InChI=1S/C24H23F3N6S.C13H15F3N4S.C11H10N2O.C4H6O4.C2H3BO2.Na/c1-14-15(2-3-21-19(14)8-17(11-28)31-21)12-33-6-4-16(5-7-33)32-22-20-9-18(10-24(25,26)27)34-23(20)30-13-29-22;14-13(15,16)6-9-5-10-11(18-7-19-12(10)21-9)20-8-1-3-17-4-2-8;1-7-9-5-8(6-12)13-10(9)3-4-11(7)14-2;1-3(5)7-8-4(2)6;1-2(4)5-3;/h2-3,8-9,13,16,31H,4-7,10,12H2,1H3,(H,29,30,32);5,7-8,17H,1-4,6H2,(H,18,19,20);3-5,13H,1-2H3;1-2H3;1H3;/q;;;;-1;+1. The van der Waals surface area contributed by atoms with Gasteiger partial charge in [0.15, 0.2) is 0 Å². The summed E-state index contributed by atoms with van der Waals surface area (Å²) in [7, 11) is 5.97. The van der Waals surface area contributed by atoms with E-state index in [1.807, 2.05) is 37.3 Å². The van der Waals surface area contributed by atoms with E-state index in [1.54, 1.807) is 19.2 Å². The Kier molecular flexibility index (Phi) is 24.9. The molecule has 2 aliphatic heterocycles. The normalized spacial score (nSPS) is 13.7. The summed E-state index contributed by atoms with van der Waals surface area (Å²) >= 11 is 2.14. The number of likely N-dealkylation sites (tertiary alicyclic amines) is 1. The number of fused-ring (bicyclic) bond motifs is 4. The second kappa shape index (κ2) is 31.0. The van der Waals surface area contributed by atoms with E-state index in [0.717, 1.165) is 128 Å². The fourth-order valence-corrected chi connectivity index (χ4v) is 10.8. The molecule has 8 heterocycles. The number of nitriles is 2. The van der Waals surface area contributed by atoms with Gasteiger partial charge in [0.25, 0.3) is 0 Å². The van der Waals surface area contributed by atoms with Gasteiger partial charge in [-0.15, -0.1) is 22.7 Å². The number of carbonyl (C=O) groups is 3. The molecule has 6 aromatic heterocycles. The summed E-state index contributed by atoms with van der Waals surface area (Å²) in [6.07, 6.45) is -3.71. The summed E-state index contributed by atoms with van der Waals surface area (Å²) in [6, 6.07) is 19.6. The number of H-pyrrole nitrogens is 2. The molecule has 83 heavy (non-hydrogen) atoms. The van der Waals surface area contributed by atoms with Crippen LogP contribution in [0.3, 0.4) is 0 Å². The number of ether oxygens (including phenoxy) is 1. The molecule has 0 unspecified atom stereocenters. The third kappa shape index (κ3) is 20.4. The van der Waals surface area contributed by atoms with Gasteiger partial charge in [-0.2, -0.15) is 36.9 Å². The number of anilines is 2. The van der Waals surface area contributed by atoms with E-state index in [4.69, 9.17) is 15.3 Å². The van der Waals surface area contributed by atoms with Crippen LogP contribution in [0.15, 0.2) is 61.2 Å². The Morgan fingerprint density at radius 3 is 1.55 bits per heavy atom. The number of alkyl halides is 6. The first-order valence-corrected chi connectivity index (χ1v) is 27.0. The number of carbonyl (C=O) groups excluding carboxylic acids is 3. The minimum absolute atomic E-state index is 0. The van der Waals surface area contributed by atoms with Crippen LogP contribution in [0, 0.1) is 36.5 Å². The van der Waals surface area contributed by atoms with E-state index in [2.05, 4.69) is 98.4 Å². The Hall–Kier alpha value is -7.05. The predicted octanol–water partition coefficient (Wildman–Crippen LogP) is 7.52. The molecule has 2 saturated heterocycles. The molecule has 8 aromatic rings. The quantitative estimate of drug-likeness (QED) is 0.0405. The van der Waals surface area contributed by atoms with E-state index in [9.17, 15) is 40.7 Å². The van der Waals surface area contributed by atoms with Gasteiger partial charge in [0.05, 0.1) is 30.7 Å². The molecule has 2 fully saturated rings. The minimum Gasteiger partial charge on any atom is -0.793 e. The Balaban J connectivity index is 0.000000219. The largest absolute Gasteiger partial charge is 1.00 e. The maximum Gasteiger partial charge on any atom is 1.00 e. The molecule has 3 radical (unpaired) electrons. The zero-order chi connectivity index (χ0) is 59.7. The van der Waals surface area contributed by atoms with Gasteiger partial charge in [0, 0.05) is 89.6 Å². The number of thiophene rings is 2. The van der Waals surface area contributed by atoms with Gasteiger partial charge in [-0.1, -0.05) is 6.07 Å². The number of nitrogens with one attached hydrogen (secondary N) is 5. The van der Waals surface area contributed by atoms with E-state index >= 15 is 0 Å². The smallest absolute Gasteiger partial charge is 0.793 e. The van der Waals surface area contributed by atoms with Crippen molar-refractivity contribution in [1.29, 1.82) is 10.5 Å². The summed E-state index contributed by atoms with van der Waals surface area (Å²) in [4.78, 5) is 63.8. The molecule has 10 rings (SSSR count). The predicted molar refractivity (Wildman–Crippen MR) is 299 cm³/mol. The number of methoxy groups -OCH3 is 1.